The number of ether oxygens (including phenoxy) is 1. The van der Waals surface area contributed by atoms with Crippen LogP contribution in [0.3, 0.4) is 0 Å². The Balaban J connectivity index is 1.75. The lowest BCUT2D eigenvalue weighted by molar-refractivity contribution is 0.0972. The summed E-state index contributed by atoms with van der Waals surface area (Å²) >= 11 is 0. The molecule has 3 aliphatic rings. The maximum Gasteiger partial charge on any atom is 0.204 e. The van der Waals surface area contributed by atoms with E-state index >= 15 is 0 Å². The molecule has 0 saturated carbocycles. The molecule has 1 atom stereocenters. The van der Waals surface area contributed by atoms with Crippen LogP contribution in [0.1, 0.15) is 26.2 Å². The van der Waals surface area contributed by atoms with E-state index in [0.717, 1.165) is 42.8 Å². The van der Waals surface area contributed by atoms with Crippen LogP contribution in [-0.2, 0) is 0 Å². The molecule has 0 aliphatic carbocycles. The Morgan fingerprint density at radius 2 is 2.05 bits per heavy atom. The minimum Gasteiger partial charge on any atom is -0.490 e. The summed E-state index contributed by atoms with van der Waals surface area (Å²) in [5.74, 6) is 3.06. The Labute approximate surface area is 126 Å². The highest BCUT2D eigenvalue weighted by Crippen LogP contribution is 2.34. The molecule has 3 aliphatic heterocycles. The minimum absolute atomic E-state index is 0.468. The molecule has 0 amide bonds. The van der Waals surface area contributed by atoms with Crippen molar-refractivity contribution < 1.29 is 4.74 Å². The van der Waals surface area contributed by atoms with E-state index in [1.807, 2.05) is 0 Å². The molecular weight excluding hydrogens is 266 g/mol. The summed E-state index contributed by atoms with van der Waals surface area (Å²) in [4.78, 5) is 11.2. The van der Waals surface area contributed by atoms with Crippen molar-refractivity contribution in [1.82, 2.24) is 14.9 Å². The predicted octanol–water partition coefficient (Wildman–Crippen LogP) is 1.81. The van der Waals surface area contributed by atoms with Crippen LogP contribution in [0.2, 0.25) is 0 Å². The Bertz CT molecular complexity index is 473. The van der Waals surface area contributed by atoms with Crippen molar-refractivity contribution in [3.8, 4) is 5.75 Å². The van der Waals surface area contributed by atoms with Crippen LogP contribution in [0.15, 0.2) is 6.33 Å². The van der Waals surface area contributed by atoms with Gasteiger partial charge in [0, 0.05) is 19.1 Å². The van der Waals surface area contributed by atoms with Crippen molar-refractivity contribution >= 4 is 11.6 Å². The maximum atomic E-state index is 5.53. The SMILES string of the molecule is CCCNc1ncnc(NC2CN3CCC2CC3)c1OC. The second kappa shape index (κ2) is 6.47. The van der Waals surface area contributed by atoms with Gasteiger partial charge in [-0.15, -0.1) is 0 Å². The number of piperidine rings is 3. The smallest absolute Gasteiger partial charge is 0.204 e. The van der Waals surface area contributed by atoms with Gasteiger partial charge in [0.05, 0.1) is 7.11 Å². The number of nitrogens with one attached hydrogen (secondary N) is 2. The monoisotopic (exact) mass is 291 g/mol. The van der Waals surface area contributed by atoms with Crippen molar-refractivity contribution in [3.05, 3.63) is 6.33 Å². The standard InChI is InChI=1S/C15H25N5O/c1-3-6-16-14-13(21-2)15(18-10-17-14)19-12-9-20-7-4-11(12)5-8-20/h10-12H,3-9H2,1-2H3,(H2,16,17,18,19). The summed E-state index contributed by atoms with van der Waals surface area (Å²) in [6, 6.07) is 0.468. The maximum absolute atomic E-state index is 5.53. The molecule has 1 unspecified atom stereocenters. The predicted molar refractivity (Wildman–Crippen MR) is 83.9 cm³/mol. The quantitative estimate of drug-likeness (QED) is 0.833. The largest absolute Gasteiger partial charge is 0.490 e. The van der Waals surface area contributed by atoms with E-state index in [0.29, 0.717) is 6.04 Å². The summed E-state index contributed by atoms with van der Waals surface area (Å²) in [7, 11) is 1.68. The van der Waals surface area contributed by atoms with E-state index in [1.54, 1.807) is 13.4 Å². The first kappa shape index (κ1) is 14.4. The average molecular weight is 291 g/mol. The van der Waals surface area contributed by atoms with E-state index in [4.69, 9.17) is 4.74 Å². The van der Waals surface area contributed by atoms with Crippen LogP contribution in [-0.4, -0.2) is 54.2 Å². The molecule has 6 heteroatoms. The van der Waals surface area contributed by atoms with Crippen molar-refractivity contribution in [2.45, 2.75) is 32.2 Å². The zero-order chi connectivity index (χ0) is 14.7. The summed E-state index contributed by atoms with van der Waals surface area (Å²) < 4.78 is 5.53. The molecule has 0 radical (unpaired) electrons. The number of anilines is 2. The van der Waals surface area contributed by atoms with Crippen LogP contribution >= 0.6 is 0 Å². The molecule has 1 aromatic rings. The second-order valence-corrected chi connectivity index (χ2v) is 5.92. The van der Waals surface area contributed by atoms with Gasteiger partial charge in [-0.05, 0) is 38.3 Å². The normalized spacial score (nSPS) is 27.4. The van der Waals surface area contributed by atoms with Crippen LogP contribution < -0.4 is 15.4 Å². The third-order valence-corrected chi connectivity index (χ3v) is 4.53. The minimum atomic E-state index is 0.468. The number of methoxy groups -OCH3 is 1. The van der Waals surface area contributed by atoms with Gasteiger partial charge >= 0.3 is 0 Å². The fourth-order valence-corrected chi connectivity index (χ4v) is 3.34. The lowest BCUT2D eigenvalue weighted by Gasteiger charge is -2.45. The van der Waals surface area contributed by atoms with E-state index in [9.17, 15) is 0 Å². The van der Waals surface area contributed by atoms with Crippen molar-refractivity contribution in [3.63, 3.8) is 0 Å². The van der Waals surface area contributed by atoms with E-state index < -0.39 is 0 Å². The summed E-state index contributed by atoms with van der Waals surface area (Å²) in [5.41, 5.74) is 0. The Hall–Kier alpha value is -1.56. The molecule has 3 saturated heterocycles. The molecule has 0 aromatic carbocycles. The highest BCUT2D eigenvalue weighted by atomic mass is 16.5. The zero-order valence-corrected chi connectivity index (χ0v) is 12.9. The first-order chi connectivity index (χ1) is 10.3. The number of aromatic nitrogens is 2. The topological polar surface area (TPSA) is 62.3 Å². The number of hydrogen-bond donors (Lipinski definition) is 2. The van der Waals surface area contributed by atoms with Gasteiger partial charge in [-0.1, -0.05) is 6.92 Å². The van der Waals surface area contributed by atoms with E-state index in [-0.39, 0.29) is 0 Å². The molecule has 3 fully saturated rings. The van der Waals surface area contributed by atoms with Gasteiger partial charge in [0.1, 0.15) is 6.33 Å². The van der Waals surface area contributed by atoms with Gasteiger partial charge in [-0.25, -0.2) is 9.97 Å². The van der Waals surface area contributed by atoms with Gasteiger partial charge in [0.2, 0.25) is 5.75 Å². The Morgan fingerprint density at radius 3 is 2.67 bits per heavy atom. The first-order valence-corrected chi connectivity index (χ1v) is 7.93. The number of fused-ring (bicyclic) bond motifs is 3. The lowest BCUT2D eigenvalue weighted by atomic mass is 9.84. The van der Waals surface area contributed by atoms with E-state index in [1.165, 1.54) is 25.9 Å². The van der Waals surface area contributed by atoms with Gasteiger partial charge in [0.15, 0.2) is 11.6 Å². The molecule has 4 heterocycles. The average Bonchev–Trinajstić information content (AvgIpc) is 2.54. The molecule has 6 nitrogen and oxygen atoms in total. The molecule has 21 heavy (non-hydrogen) atoms. The molecular formula is C15H25N5O. The number of hydrogen-bond acceptors (Lipinski definition) is 6. The number of nitrogens with zero attached hydrogens (tertiary/aromatic N) is 3. The molecule has 1 aromatic heterocycles. The van der Waals surface area contributed by atoms with Crippen molar-refractivity contribution in [1.29, 1.82) is 0 Å². The molecule has 2 N–H and O–H groups in total. The highest BCUT2D eigenvalue weighted by Gasteiger charge is 2.34. The fraction of sp³-hybridized carbons (Fsp3) is 0.733. The van der Waals surface area contributed by atoms with Crippen LogP contribution in [0, 0.1) is 5.92 Å². The first-order valence-electron chi connectivity index (χ1n) is 7.93. The van der Waals surface area contributed by atoms with Gasteiger partial charge in [-0.2, -0.15) is 0 Å². The van der Waals surface area contributed by atoms with Crippen LogP contribution in [0.25, 0.3) is 0 Å². The summed E-state index contributed by atoms with van der Waals surface area (Å²) in [6.07, 6.45) is 5.22. The Morgan fingerprint density at radius 1 is 1.29 bits per heavy atom. The molecule has 4 rings (SSSR count). The zero-order valence-electron chi connectivity index (χ0n) is 12.9. The van der Waals surface area contributed by atoms with E-state index in [2.05, 4.69) is 32.4 Å². The van der Waals surface area contributed by atoms with Gasteiger partial charge in [-0.3, -0.25) is 0 Å². The molecule has 0 spiro atoms. The van der Waals surface area contributed by atoms with Gasteiger partial charge in [0.25, 0.3) is 0 Å². The summed E-state index contributed by atoms with van der Waals surface area (Å²) in [6.45, 7) is 6.61. The molecule has 2 bridgehead atoms. The van der Waals surface area contributed by atoms with Gasteiger partial charge < -0.3 is 20.3 Å². The summed E-state index contributed by atoms with van der Waals surface area (Å²) in [5, 5.41) is 6.89. The van der Waals surface area contributed by atoms with Crippen molar-refractivity contribution in [2.24, 2.45) is 5.92 Å². The third kappa shape index (κ3) is 3.05. The highest BCUT2D eigenvalue weighted by molar-refractivity contribution is 5.63. The molecule has 116 valence electrons. The van der Waals surface area contributed by atoms with Crippen LogP contribution in [0.4, 0.5) is 11.6 Å². The number of rotatable bonds is 6. The Kier molecular flexibility index (Phi) is 4.43. The second-order valence-electron chi connectivity index (χ2n) is 5.92. The van der Waals surface area contributed by atoms with Crippen molar-refractivity contribution in [2.75, 3.05) is 43.9 Å². The third-order valence-electron chi connectivity index (χ3n) is 4.53. The van der Waals surface area contributed by atoms with Crippen LogP contribution in [0.5, 0.6) is 5.75 Å². The lowest BCUT2D eigenvalue weighted by Crippen LogP contribution is -2.53. The fourth-order valence-electron chi connectivity index (χ4n) is 3.34.